The van der Waals surface area contributed by atoms with Crippen LogP contribution in [0.1, 0.15) is 31.5 Å². The number of unbranched alkanes of at least 4 members (excludes halogenated alkanes) is 3. The van der Waals surface area contributed by atoms with Gasteiger partial charge in [0.1, 0.15) is 11.6 Å². The highest BCUT2D eigenvalue weighted by Crippen LogP contribution is 2.22. The average molecular weight is 314 g/mol. The number of nitrogens with one attached hydrogen (secondary N) is 1. The largest absolute Gasteiger partial charge is 0.342 e. The van der Waals surface area contributed by atoms with E-state index in [1.165, 1.54) is 6.07 Å². The molecule has 2 rings (SSSR count). The Kier molecular flexibility index (Phi) is 4.72. The van der Waals surface area contributed by atoms with Crippen molar-refractivity contribution in [2.45, 2.75) is 32.1 Å². The molecule has 3 N–H and O–H groups in total. The molecule has 0 amide bonds. The molecule has 0 aliphatic rings. The monoisotopic (exact) mass is 313 g/mol. The molecule has 0 unspecified atom stereocenters. The third-order valence-electron chi connectivity index (χ3n) is 2.94. The van der Waals surface area contributed by atoms with Gasteiger partial charge in [-0.1, -0.05) is 12.8 Å². The summed E-state index contributed by atoms with van der Waals surface area (Å²) < 4.78 is 13.8. The van der Waals surface area contributed by atoms with Crippen molar-refractivity contribution in [2.24, 2.45) is 5.73 Å². The lowest BCUT2D eigenvalue weighted by molar-refractivity contribution is 0.623. The first-order valence-corrected chi connectivity index (χ1v) is 7.03. The summed E-state index contributed by atoms with van der Waals surface area (Å²) in [4.78, 5) is 7.61. The lowest BCUT2D eigenvalue weighted by Crippen LogP contribution is -1.98. The van der Waals surface area contributed by atoms with Crippen molar-refractivity contribution in [1.29, 1.82) is 0 Å². The van der Waals surface area contributed by atoms with Gasteiger partial charge in [-0.05, 0) is 41.4 Å². The maximum Gasteiger partial charge on any atom is 0.139 e. The number of benzene rings is 1. The Balaban J connectivity index is 1.97. The van der Waals surface area contributed by atoms with E-state index in [1.54, 1.807) is 6.07 Å². The Morgan fingerprint density at radius 3 is 2.78 bits per heavy atom. The van der Waals surface area contributed by atoms with Gasteiger partial charge >= 0.3 is 0 Å². The van der Waals surface area contributed by atoms with Crippen molar-refractivity contribution in [3.63, 3.8) is 0 Å². The van der Waals surface area contributed by atoms with Crippen LogP contribution in [0.3, 0.4) is 0 Å². The van der Waals surface area contributed by atoms with E-state index in [0.717, 1.165) is 55.5 Å². The van der Waals surface area contributed by atoms with Crippen LogP contribution in [0, 0.1) is 5.82 Å². The number of halogens is 2. The van der Waals surface area contributed by atoms with Crippen LogP contribution >= 0.6 is 15.9 Å². The molecule has 18 heavy (non-hydrogen) atoms. The molecular formula is C13H17BrFN3. The zero-order valence-corrected chi connectivity index (χ0v) is 11.8. The lowest BCUT2D eigenvalue weighted by atomic mass is 10.1. The van der Waals surface area contributed by atoms with Gasteiger partial charge in [-0.2, -0.15) is 0 Å². The van der Waals surface area contributed by atoms with Gasteiger partial charge in [-0.3, -0.25) is 0 Å². The Labute approximate surface area is 114 Å². The molecule has 0 aliphatic carbocycles. The molecule has 0 spiro atoms. The normalized spacial score (nSPS) is 11.3. The second-order valence-corrected chi connectivity index (χ2v) is 5.27. The van der Waals surface area contributed by atoms with Crippen molar-refractivity contribution in [2.75, 3.05) is 6.54 Å². The average Bonchev–Trinajstić information content (AvgIpc) is 2.71. The number of hydrogen-bond donors (Lipinski definition) is 2. The summed E-state index contributed by atoms with van der Waals surface area (Å²) in [6.45, 7) is 0.762. The molecule has 3 nitrogen and oxygen atoms in total. The SMILES string of the molecule is NCCCCCCc1nc2cc(Br)c(F)cc2[nH]1. The van der Waals surface area contributed by atoms with E-state index in [2.05, 4.69) is 25.9 Å². The van der Waals surface area contributed by atoms with E-state index in [0.29, 0.717) is 4.47 Å². The van der Waals surface area contributed by atoms with Crippen LogP contribution in [-0.4, -0.2) is 16.5 Å². The number of H-pyrrole nitrogens is 1. The topological polar surface area (TPSA) is 54.7 Å². The van der Waals surface area contributed by atoms with Crippen LogP contribution < -0.4 is 5.73 Å². The summed E-state index contributed by atoms with van der Waals surface area (Å²) in [7, 11) is 0. The van der Waals surface area contributed by atoms with Crippen LogP contribution in [0.2, 0.25) is 0 Å². The number of nitrogens with two attached hydrogens (primary N) is 1. The summed E-state index contributed by atoms with van der Waals surface area (Å²) in [6.07, 6.45) is 5.39. The van der Waals surface area contributed by atoms with E-state index >= 15 is 0 Å². The number of fused-ring (bicyclic) bond motifs is 1. The number of aromatic amines is 1. The molecule has 0 atom stereocenters. The van der Waals surface area contributed by atoms with Crippen LogP contribution in [0.25, 0.3) is 11.0 Å². The van der Waals surface area contributed by atoms with Gasteiger partial charge in [0, 0.05) is 12.5 Å². The lowest BCUT2D eigenvalue weighted by Gasteiger charge is -1.97. The first-order chi connectivity index (χ1) is 8.70. The predicted molar refractivity (Wildman–Crippen MR) is 75.0 cm³/mol. The molecule has 0 aliphatic heterocycles. The molecular weight excluding hydrogens is 297 g/mol. The first kappa shape index (κ1) is 13.5. The summed E-state index contributed by atoms with van der Waals surface area (Å²) in [5, 5.41) is 0. The fourth-order valence-electron chi connectivity index (χ4n) is 1.97. The van der Waals surface area contributed by atoms with Gasteiger partial charge in [0.15, 0.2) is 0 Å². The van der Waals surface area contributed by atoms with Crippen molar-refractivity contribution in [1.82, 2.24) is 9.97 Å². The van der Waals surface area contributed by atoms with E-state index in [9.17, 15) is 4.39 Å². The minimum atomic E-state index is -0.263. The van der Waals surface area contributed by atoms with Crippen molar-refractivity contribution >= 4 is 27.0 Å². The summed E-state index contributed by atoms with van der Waals surface area (Å²) >= 11 is 3.17. The molecule has 1 heterocycles. The quantitative estimate of drug-likeness (QED) is 0.802. The van der Waals surface area contributed by atoms with Crippen LogP contribution in [0.4, 0.5) is 4.39 Å². The Morgan fingerprint density at radius 2 is 2.00 bits per heavy atom. The summed E-state index contributed by atoms with van der Waals surface area (Å²) in [6, 6.07) is 3.18. The molecule has 0 saturated carbocycles. The highest BCUT2D eigenvalue weighted by atomic mass is 79.9. The van der Waals surface area contributed by atoms with E-state index in [1.807, 2.05) is 0 Å². The summed E-state index contributed by atoms with van der Waals surface area (Å²) in [5.41, 5.74) is 7.01. The molecule has 1 aromatic carbocycles. The zero-order chi connectivity index (χ0) is 13.0. The highest BCUT2D eigenvalue weighted by Gasteiger charge is 2.07. The maximum absolute atomic E-state index is 13.3. The van der Waals surface area contributed by atoms with Crippen molar-refractivity contribution in [3.05, 3.63) is 28.2 Å². The third kappa shape index (κ3) is 3.29. The minimum absolute atomic E-state index is 0.263. The van der Waals surface area contributed by atoms with Crippen molar-refractivity contribution in [3.8, 4) is 0 Å². The molecule has 0 bridgehead atoms. The predicted octanol–water partition coefficient (Wildman–Crippen LogP) is 3.53. The van der Waals surface area contributed by atoms with Crippen LogP contribution in [0.15, 0.2) is 16.6 Å². The fraction of sp³-hybridized carbons (Fsp3) is 0.462. The van der Waals surface area contributed by atoms with Gasteiger partial charge in [0.2, 0.25) is 0 Å². The van der Waals surface area contributed by atoms with Crippen LogP contribution in [-0.2, 0) is 6.42 Å². The smallest absolute Gasteiger partial charge is 0.139 e. The molecule has 0 radical (unpaired) electrons. The van der Waals surface area contributed by atoms with Gasteiger partial charge in [-0.25, -0.2) is 9.37 Å². The summed E-state index contributed by atoms with van der Waals surface area (Å²) in [5.74, 6) is 0.663. The Hall–Kier alpha value is -0.940. The number of aryl methyl sites for hydroxylation is 1. The number of imidazole rings is 1. The molecule has 2 aromatic rings. The standard InChI is InChI=1S/C13H17BrFN3/c14-9-7-11-12(8-10(9)15)18-13(17-11)5-3-1-2-4-6-16/h7-8H,1-6,16H2,(H,17,18). The second kappa shape index (κ2) is 6.29. The first-order valence-electron chi connectivity index (χ1n) is 6.24. The molecule has 5 heteroatoms. The maximum atomic E-state index is 13.3. The fourth-order valence-corrected chi connectivity index (χ4v) is 2.30. The molecule has 98 valence electrons. The number of hydrogen-bond acceptors (Lipinski definition) is 2. The highest BCUT2D eigenvalue weighted by molar-refractivity contribution is 9.10. The van der Waals surface area contributed by atoms with Gasteiger partial charge in [-0.15, -0.1) is 0 Å². The number of nitrogens with zero attached hydrogens (tertiary/aromatic N) is 1. The van der Waals surface area contributed by atoms with Gasteiger partial charge in [0.05, 0.1) is 15.5 Å². The second-order valence-electron chi connectivity index (χ2n) is 4.42. The van der Waals surface area contributed by atoms with Gasteiger partial charge < -0.3 is 10.7 Å². The molecule has 1 aromatic heterocycles. The molecule has 0 fully saturated rings. The van der Waals surface area contributed by atoms with E-state index < -0.39 is 0 Å². The number of rotatable bonds is 6. The third-order valence-corrected chi connectivity index (χ3v) is 3.55. The zero-order valence-electron chi connectivity index (χ0n) is 10.2. The van der Waals surface area contributed by atoms with Crippen molar-refractivity contribution < 1.29 is 4.39 Å². The Morgan fingerprint density at radius 1 is 1.22 bits per heavy atom. The van der Waals surface area contributed by atoms with E-state index in [-0.39, 0.29) is 5.82 Å². The Bertz CT molecular complexity index is 485. The van der Waals surface area contributed by atoms with Crippen LogP contribution in [0.5, 0.6) is 0 Å². The van der Waals surface area contributed by atoms with E-state index in [4.69, 9.17) is 5.73 Å². The molecule has 0 saturated heterocycles. The van der Waals surface area contributed by atoms with Gasteiger partial charge in [0.25, 0.3) is 0 Å². The number of aromatic nitrogens is 2. The minimum Gasteiger partial charge on any atom is -0.342 e.